The molecule has 9 nitrogen and oxygen atoms in total. The minimum Gasteiger partial charge on any atom is -0.390 e. The standard InChI is InChI=1S/C28H30ClF3N2O7S/c29-19-4-1-13(27(38)34-17-10-20(30)25(32)21(31)11-17)7-24(19)42(40,41)18-8-15-2-3-16(9-18)28(15,39)12-33-26(37)14-5-22(35)23(36)6-14/h1,4,7,10-11,14-16,18,22-23,35-36,39H,2-3,5-6,8-9,12H2,(H,33,37)(H,34,38). The molecule has 2 amide bonds. The van der Waals surface area contributed by atoms with E-state index in [-0.39, 0.29) is 59.3 Å². The van der Waals surface area contributed by atoms with Crippen molar-refractivity contribution >= 4 is 38.9 Å². The quantitative estimate of drug-likeness (QED) is 0.295. The highest BCUT2D eigenvalue weighted by Gasteiger charge is 2.56. The van der Waals surface area contributed by atoms with Gasteiger partial charge in [-0.3, -0.25) is 9.59 Å². The number of fused-ring (bicyclic) bond motifs is 2. The molecule has 3 aliphatic rings. The van der Waals surface area contributed by atoms with Crippen LogP contribution in [0.4, 0.5) is 18.9 Å². The van der Waals surface area contributed by atoms with Crippen LogP contribution in [-0.4, -0.2) is 65.2 Å². The first-order valence-corrected chi connectivity index (χ1v) is 15.5. The van der Waals surface area contributed by atoms with E-state index in [0.29, 0.717) is 25.0 Å². The van der Waals surface area contributed by atoms with Crippen molar-refractivity contribution < 1.29 is 46.5 Å². The fourth-order valence-electron chi connectivity index (χ4n) is 6.61. The molecule has 2 bridgehead atoms. The van der Waals surface area contributed by atoms with Crippen molar-refractivity contribution in [3.63, 3.8) is 0 Å². The summed E-state index contributed by atoms with van der Waals surface area (Å²) in [7, 11) is -4.11. The van der Waals surface area contributed by atoms with E-state index in [4.69, 9.17) is 11.6 Å². The second kappa shape index (κ2) is 11.4. The van der Waals surface area contributed by atoms with Crippen LogP contribution in [0.3, 0.4) is 0 Å². The molecular weight excluding hydrogens is 601 g/mol. The molecule has 0 aliphatic heterocycles. The zero-order valence-corrected chi connectivity index (χ0v) is 23.8. The van der Waals surface area contributed by atoms with Crippen molar-refractivity contribution in [3.8, 4) is 0 Å². The maximum absolute atomic E-state index is 13.7. The van der Waals surface area contributed by atoms with Gasteiger partial charge in [-0.1, -0.05) is 11.6 Å². The molecule has 5 rings (SSSR count). The zero-order valence-electron chi connectivity index (χ0n) is 22.2. The number of anilines is 1. The number of nitrogens with one attached hydrogen (secondary N) is 2. The van der Waals surface area contributed by atoms with Crippen molar-refractivity contribution in [3.05, 3.63) is 58.4 Å². The Labute approximate surface area is 245 Å². The fourth-order valence-corrected chi connectivity index (χ4v) is 9.01. The molecule has 2 aromatic rings. The van der Waals surface area contributed by atoms with Crippen LogP contribution in [0.5, 0.6) is 0 Å². The summed E-state index contributed by atoms with van der Waals surface area (Å²) in [6.07, 6.45) is -0.449. The van der Waals surface area contributed by atoms with Crippen molar-refractivity contribution in [2.75, 3.05) is 11.9 Å². The lowest BCUT2D eigenvalue weighted by atomic mass is 9.74. The largest absolute Gasteiger partial charge is 0.390 e. The highest BCUT2D eigenvalue weighted by molar-refractivity contribution is 7.92. The summed E-state index contributed by atoms with van der Waals surface area (Å²) in [4.78, 5) is 25.1. The van der Waals surface area contributed by atoms with E-state index in [1.165, 1.54) is 12.1 Å². The molecule has 0 heterocycles. The number of halogens is 4. The molecule has 4 atom stereocenters. The van der Waals surface area contributed by atoms with Gasteiger partial charge in [0, 0.05) is 35.8 Å². The maximum atomic E-state index is 13.7. The number of sulfone groups is 1. The lowest BCUT2D eigenvalue weighted by Crippen LogP contribution is -2.55. The number of hydrogen-bond donors (Lipinski definition) is 5. The van der Waals surface area contributed by atoms with E-state index in [9.17, 15) is 46.5 Å². The first-order chi connectivity index (χ1) is 19.7. The fraction of sp³-hybridized carbons (Fsp3) is 0.500. The Morgan fingerprint density at radius 1 is 0.952 bits per heavy atom. The highest BCUT2D eigenvalue weighted by Crippen LogP contribution is 2.52. The van der Waals surface area contributed by atoms with Crippen LogP contribution in [-0.2, 0) is 14.6 Å². The third-order valence-electron chi connectivity index (χ3n) is 8.97. The summed E-state index contributed by atoms with van der Waals surface area (Å²) >= 11 is 6.25. The molecular formula is C28H30ClF3N2O7S. The Bertz CT molecular complexity index is 1480. The Balaban J connectivity index is 1.29. The van der Waals surface area contributed by atoms with E-state index in [2.05, 4.69) is 10.6 Å². The van der Waals surface area contributed by atoms with Crippen LogP contribution in [0.1, 0.15) is 48.9 Å². The van der Waals surface area contributed by atoms with Crippen molar-refractivity contribution in [1.29, 1.82) is 0 Å². The normalized spacial score (nSPS) is 30.7. The van der Waals surface area contributed by atoms with Gasteiger partial charge in [0.1, 0.15) is 0 Å². The van der Waals surface area contributed by atoms with Gasteiger partial charge in [-0.2, -0.15) is 0 Å². The van der Waals surface area contributed by atoms with Gasteiger partial charge in [0.2, 0.25) is 5.91 Å². The van der Waals surface area contributed by atoms with Gasteiger partial charge in [-0.05, 0) is 68.6 Å². The third kappa shape index (κ3) is 5.64. The average molecular weight is 631 g/mol. The van der Waals surface area contributed by atoms with Crippen LogP contribution >= 0.6 is 11.6 Å². The summed E-state index contributed by atoms with van der Waals surface area (Å²) in [5.74, 6) is -7.46. The van der Waals surface area contributed by atoms with Gasteiger partial charge in [0.05, 0.1) is 33.0 Å². The first kappa shape index (κ1) is 30.7. The molecule has 5 N–H and O–H groups in total. The summed E-state index contributed by atoms with van der Waals surface area (Å²) in [5.41, 5.74) is -1.86. The van der Waals surface area contributed by atoms with E-state index in [1.54, 1.807) is 0 Å². The van der Waals surface area contributed by atoms with Crippen molar-refractivity contribution in [2.45, 2.75) is 66.5 Å². The molecule has 228 valence electrons. The van der Waals surface area contributed by atoms with Crippen LogP contribution < -0.4 is 10.6 Å². The molecule has 0 aromatic heterocycles. The molecule has 3 aliphatic carbocycles. The number of carbonyl (C=O) groups is 2. The summed E-state index contributed by atoms with van der Waals surface area (Å²) in [5, 5.41) is 34.9. The monoisotopic (exact) mass is 630 g/mol. The smallest absolute Gasteiger partial charge is 0.255 e. The van der Waals surface area contributed by atoms with E-state index in [1.807, 2.05) is 0 Å². The summed E-state index contributed by atoms with van der Waals surface area (Å²) in [6.45, 7) is -0.0857. The van der Waals surface area contributed by atoms with E-state index < -0.39 is 74.0 Å². The van der Waals surface area contributed by atoms with Gasteiger partial charge >= 0.3 is 0 Å². The number of carbonyl (C=O) groups excluding carboxylic acids is 2. The molecule has 0 spiro atoms. The molecule has 3 fully saturated rings. The topological polar surface area (TPSA) is 153 Å². The van der Waals surface area contributed by atoms with E-state index in [0.717, 1.165) is 6.07 Å². The Hall–Kier alpha value is -2.71. The molecule has 3 saturated carbocycles. The zero-order chi connectivity index (χ0) is 30.6. The molecule has 42 heavy (non-hydrogen) atoms. The molecule has 0 radical (unpaired) electrons. The van der Waals surface area contributed by atoms with Crippen LogP contribution in [0, 0.1) is 35.2 Å². The van der Waals surface area contributed by atoms with Crippen molar-refractivity contribution in [1.82, 2.24) is 5.32 Å². The highest BCUT2D eigenvalue weighted by atomic mass is 35.5. The number of rotatable bonds is 7. The third-order valence-corrected chi connectivity index (χ3v) is 11.6. The number of aliphatic hydroxyl groups is 3. The SMILES string of the molecule is O=C(Nc1cc(F)c(F)c(F)c1)c1ccc(Cl)c(S(=O)(=O)C2CC3CCC(C2)C3(O)CNC(=O)C2CC(O)C(O)C2)c1. The maximum Gasteiger partial charge on any atom is 0.255 e. The summed E-state index contributed by atoms with van der Waals surface area (Å²) in [6, 6.07) is 4.70. The van der Waals surface area contributed by atoms with Gasteiger partial charge in [0.25, 0.3) is 5.91 Å². The number of aliphatic hydroxyl groups excluding tert-OH is 2. The molecule has 0 saturated heterocycles. The second-order valence-corrected chi connectivity index (χ2v) is 14.1. The number of amides is 2. The minimum absolute atomic E-state index is 0.0857. The lowest BCUT2D eigenvalue weighted by molar-refractivity contribution is -0.128. The van der Waals surface area contributed by atoms with Gasteiger partial charge in [-0.15, -0.1) is 0 Å². The number of benzene rings is 2. The van der Waals surface area contributed by atoms with Gasteiger partial charge < -0.3 is 26.0 Å². The predicted octanol–water partition coefficient (Wildman–Crippen LogP) is 2.95. The van der Waals surface area contributed by atoms with Crippen LogP contribution in [0.25, 0.3) is 0 Å². The van der Waals surface area contributed by atoms with E-state index >= 15 is 0 Å². The molecule has 14 heteroatoms. The minimum atomic E-state index is -4.11. The van der Waals surface area contributed by atoms with Crippen LogP contribution in [0.15, 0.2) is 35.2 Å². The van der Waals surface area contributed by atoms with Crippen LogP contribution in [0.2, 0.25) is 5.02 Å². The Kier molecular flexibility index (Phi) is 8.36. The predicted molar refractivity (Wildman–Crippen MR) is 145 cm³/mol. The Morgan fingerprint density at radius 2 is 1.52 bits per heavy atom. The molecule has 4 unspecified atom stereocenters. The second-order valence-electron chi connectivity index (χ2n) is 11.5. The first-order valence-electron chi connectivity index (χ1n) is 13.6. The summed E-state index contributed by atoms with van der Waals surface area (Å²) < 4.78 is 67.9. The van der Waals surface area contributed by atoms with Crippen molar-refractivity contribution in [2.24, 2.45) is 17.8 Å². The molecule has 2 aromatic carbocycles. The van der Waals surface area contributed by atoms with Gasteiger partial charge in [-0.25, -0.2) is 21.6 Å². The van der Waals surface area contributed by atoms with Gasteiger partial charge in [0.15, 0.2) is 27.3 Å². The average Bonchev–Trinajstić information content (AvgIpc) is 3.31. The number of hydrogen-bond acceptors (Lipinski definition) is 7. The Morgan fingerprint density at radius 3 is 2.10 bits per heavy atom. The lowest BCUT2D eigenvalue weighted by Gasteiger charge is -2.42.